The van der Waals surface area contributed by atoms with Gasteiger partial charge in [0.2, 0.25) is 0 Å². The minimum Gasteiger partial charge on any atom is -0.489 e. The third-order valence-corrected chi connectivity index (χ3v) is 5.84. The highest BCUT2D eigenvalue weighted by Gasteiger charge is 2.35. The van der Waals surface area contributed by atoms with Gasteiger partial charge in [-0.15, -0.1) is 13.2 Å². The summed E-state index contributed by atoms with van der Waals surface area (Å²) in [7, 11) is 0. The van der Waals surface area contributed by atoms with Crippen LogP contribution in [0.25, 0.3) is 22.3 Å². The number of aromatic nitrogens is 3. The Morgan fingerprint density at radius 1 is 1.20 bits per heavy atom. The van der Waals surface area contributed by atoms with Crippen molar-refractivity contribution in [2.75, 3.05) is 19.8 Å². The van der Waals surface area contributed by atoms with Crippen LogP contribution in [-0.4, -0.2) is 46.5 Å². The highest BCUT2D eigenvalue weighted by molar-refractivity contribution is 5.97. The van der Waals surface area contributed by atoms with Gasteiger partial charge in [-0.2, -0.15) is 5.10 Å². The van der Waals surface area contributed by atoms with Crippen molar-refractivity contribution in [3.05, 3.63) is 46.2 Å². The number of benzene rings is 1. The number of nitrogens with zero attached hydrogens (tertiary/aromatic N) is 3. The molecule has 11 heteroatoms. The third kappa shape index (κ3) is 4.90. The fraction of sp³-hybridized carbons (Fsp3) is 0.458. The molecule has 1 unspecified atom stereocenters. The lowest BCUT2D eigenvalue weighted by atomic mass is 9.85. The van der Waals surface area contributed by atoms with E-state index in [1.807, 2.05) is 25.3 Å². The quantitative estimate of drug-likeness (QED) is 0.370. The lowest BCUT2D eigenvalue weighted by Gasteiger charge is -2.38. The van der Waals surface area contributed by atoms with Gasteiger partial charge in [0.05, 0.1) is 37.2 Å². The summed E-state index contributed by atoms with van der Waals surface area (Å²) in [4.78, 5) is 25.3. The molecule has 0 radical (unpaired) electrons. The monoisotopic (exact) mass is 493 g/mol. The smallest absolute Gasteiger partial charge is 0.489 e. The number of esters is 1. The van der Waals surface area contributed by atoms with Gasteiger partial charge in [-0.1, -0.05) is 32.9 Å². The maximum Gasteiger partial charge on any atom is 0.522 e. The summed E-state index contributed by atoms with van der Waals surface area (Å²) in [6.45, 7) is 7.44. The van der Waals surface area contributed by atoms with Crippen LogP contribution in [0.5, 0.6) is 5.75 Å². The Morgan fingerprint density at radius 3 is 2.60 bits per heavy atom. The molecule has 0 fully saturated rings. The van der Waals surface area contributed by atoms with Gasteiger partial charge in [0.15, 0.2) is 5.43 Å². The summed E-state index contributed by atoms with van der Waals surface area (Å²) < 4.78 is 54.9. The summed E-state index contributed by atoms with van der Waals surface area (Å²) >= 11 is 0. The zero-order valence-corrected chi connectivity index (χ0v) is 19.8. The van der Waals surface area contributed by atoms with Crippen LogP contribution in [0.15, 0.2) is 35.3 Å². The number of fused-ring (bicyclic) bond motifs is 5. The maximum absolute atomic E-state index is 12.9. The predicted octanol–water partition coefficient (Wildman–Crippen LogP) is 4.56. The number of carbonyl (C=O) groups is 1. The van der Waals surface area contributed by atoms with E-state index in [0.717, 1.165) is 0 Å². The molecule has 0 N–H and O–H groups in total. The van der Waals surface area contributed by atoms with Crippen molar-refractivity contribution in [2.45, 2.75) is 46.6 Å². The van der Waals surface area contributed by atoms with E-state index in [1.165, 1.54) is 6.07 Å². The molecule has 0 bridgehead atoms. The summed E-state index contributed by atoms with van der Waals surface area (Å²) in [6, 6.07) is 6.38. The largest absolute Gasteiger partial charge is 0.522 e. The molecule has 3 aromatic rings. The van der Waals surface area contributed by atoms with Crippen molar-refractivity contribution in [1.29, 1.82) is 0 Å². The molecule has 2 aromatic heterocycles. The number of ether oxygens (including phenoxy) is 3. The molecule has 0 saturated heterocycles. The van der Waals surface area contributed by atoms with E-state index in [9.17, 15) is 22.8 Å². The Balaban J connectivity index is 1.81. The first kappa shape index (κ1) is 24.8. The van der Waals surface area contributed by atoms with Gasteiger partial charge in [-0.05, 0) is 18.4 Å². The molecule has 1 atom stereocenters. The molecule has 1 aliphatic rings. The first-order valence-electron chi connectivity index (χ1n) is 11.2. The highest BCUT2D eigenvalue weighted by atomic mass is 19.4. The van der Waals surface area contributed by atoms with Crippen molar-refractivity contribution in [3.63, 3.8) is 0 Å². The summed E-state index contributed by atoms with van der Waals surface area (Å²) in [6.07, 6.45) is -3.19. The van der Waals surface area contributed by atoms with E-state index in [1.54, 1.807) is 36.0 Å². The predicted molar refractivity (Wildman–Crippen MR) is 121 cm³/mol. The Morgan fingerprint density at radius 2 is 1.94 bits per heavy atom. The van der Waals surface area contributed by atoms with Gasteiger partial charge in [-0.25, -0.2) is 4.79 Å². The Kier molecular flexibility index (Phi) is 6.39. The lowest BCUT2D eigenvalue weighted by molar-refractivity contribution is -0.325. The minimum absolute atomic E-state index is 0.0455. The number of rotatable bonds is 6. The number of hydrogen-bond donors (Lipinski definition) is 0. The van der Waals surface area contributed by atoms with Crippen LogP contribution in [0.4, 0.5) is 13.2 Å². The average Bonchev–Trinajstić information content (AvgIpc) is 3.14. The molecule has 4 rings (SSSR count). The summed E-state index contributed by atoms with van der Waals surface area (Å²) in [5.74, 6) is -0.374. The normalized spacial score (nSPS) is 15.6. The summed E-state index contributed by atoms with van der Waals surface area (Å²) in [5.41, 5.74) is 0.911. The van der Waals surface area contributed by atoms with E-state index >= 15 is 0 Å². The number of carbonyl (C=O) groups excluding carboxylic acids is 1. The fourth-order valence-electron chi connectivity index (χ4n) is 4.26. The second kappa shape index (κ2) is 9.03. The molecule has 0 amide bonds. The zero-order valence-electron chi connectivity index (χ0n) is 19.8. The van der Waals surface area contributed by atoms with Gasteiger partial charge in [0.1, 0.15) is 23.4 Å². The molecule has 8 nitrogen and oxygen atoms in total. The molecule has 1 aromatic carbocycles. The van der Waals surface area contributed by atoms with Crippen LogP contribution in [0, 0.1) is 5.41 Å². The molecule has 0 saturated carbocycles. The van der Waals surface area contributed by atoms with Crippen molar-refractivity contribution >= 4 is 16.9 Å². The first-order chi connectivity index (χ1) is 16.4. The van der Waals surface area contributed by atoms with E-state index in [0.29, 0.717) is 34.6 Å². The molecule has 3 heterocycles. The van der Waals surface area contributed by atoms with Crippen molar-refractivity contribution in [3.8, 4) is 17.1 Å². The minimum atomic E-state index is -4.73. The lowest BCUT2D eigenvalue weighted by Crippen LogP contribution is -2.35. The van der Waals surface area contributed by atoms with Gasteiger partial charge < -0.3 is 14.0 Å². The van der Waals surface area contributed by atoms with Gasteiger partial charge in [0.25, 0.3) is 0 Å². The highest BCUT2D eigenvalue weighted by Crippen LogP contribution is 2.43. The topological polar surface area (TPSA) is 84.6 Å². The van der Waals surface area contributed by atoms with Crippen LogP contribution in [0.2, 0.25) is 0 Å². The second-order valence-corrected chi connectivity index (χ2v) is 9.27. The van der Waals surface area contributed by atoms with E-state index in [-0.39, 0.29) is 30.2 Å². The van der Waals surface area contributed by atoms with Crippen molar-refractivity contribution in [2.24, 2.45) is 5.41 Å². The Hall–Kier alpha value is -3.34. The first-order valence-corrected chi connectivity index (χ1v) is 11.2. The average molecular weight is 493 g/mol. The van der Waals surface area contributed by atoms with Crippen molar-refractivity contribution in [1.82, 2.24) is 14.3 Å². The SMILES string of the molecule is CCOC(=O)c1cn2c(cc1=O)-c1c3cccc(OCCOC(F)(F)F)c3nn1CC2C(C)(C)C. The van der Waals surface area contributed by atoms with Crippen molar-refractivity contribution < 1.29 is 32.2 Å². The van der Waals surface area contributed by atoms with Crippen LogP contribution in [0.1, 0.15) is 44.1 Å². The molecule has 188 valence electrons. The van der Waals surface area contributed by atoms with Gasteiger partial charge >= 0.3 is 12.3 Å². The van der Waals surface area contributed by atoms with Gasteiger partial charge in [0, 0.05) is 17.6 Å². The van der Waals surface area contributed by atoms with E-state index in [4.69, 9.17) is 9.47 Å². The van der Waals surface area contributed by atoms with Gasteiger partial charge in [-0.3, -0.25) is 14.2 Å². The van der Waals surface area contributed by atoms with Crippen LogP contribution in [0.3, 0.4) is 0 Å². The molecule has 35 heavy (non-hydrogen) atoms. The number of halogens is 3. The Bertz CT molecular complexity index is 1320. The second-order valence-electron chi connectivity index (χ2n) is 9.27. The summed E-state index contributed by atoms with van der Waals surface area (Å²) in [5, 5.41) is 5.35. The molecule has 1 aliphatic heterocycles. The van der Waals surface area contributed by atoms with Crippen LogP contribution in [-0.2, 0) is 16.0 Å². The van der Waals surface area contributed by atoms with E-state index < -0.39 is 24.4 Å². The standard InChI is InChI=1S/C24H26F3N3O5/c1-5-33-22(32)15-12-29-16(11-17(15)31)21-14-7-6-8-18(34-9-10-35-24(25,26)27)20(14)28-30(21)13-19(29)23(2,3)4/h6-8,11-12,19H,5,9-10,13H2,1-4H3. The molecular weight excluding hydrogens is 467 g/mol. The maximum atomic E-state index is 12.9. The van der Waals surface area contributed by atoms with Crippen LogP contribution < -0.4 is 10.2 Å². The third-order valence-electron chi connectivity index (χ3n) is 5.84. The zero-order chi connectivity index (χ0) is 25.5. The molecule has 0 aliphatic carbocycles. The Labute approximate surface area is 199 Å². The van der Waals surface area contributed by atoms with E-state index in [2.05, 4.69) is 9.84 Å². The van der Waals surface area contributed by atoms with Crippen LogP contribution >= 0.6 is 0 Å². The number of alkyl halides is 3. The number of pyridine rings is 1. The molecular formula is C24H26F3N3O5. The fourth-order valence-corrected chi connectivity index (χ4v) is 4.26. The number of hydrogen-bond acceptors (Lipinski definition) is 6. The molecule has 0 spiro atoms.